The third-order valence-electron chi connectivity index (χ3n) is 2.64. The van der Waals surface area contributed by atoms with Crippen LogP contribution in [0.2, 0.25) is 10.2 Å². The first-order chi connectivity index (χ1) is 9.49. The van der Waals surface area contributed by atoms with Crippen LogP contribution in [0.25, 0.3) is 0 Å². The van der Waals surface area contributed by atoms with Crippen LogP contribution < -0.4 is 0 Å². The van der Waals surface area contributed by atoms with Crippen molar-refractivity contribution in [2.75, 3.05) is 7.05 Å². The molecule has 0 fully saturated rings. The minimum absolute atomic E-state index is 0.0364. The number of aromatic nitrogens is 2. The Labute approximate surface area is 125 Å². The molecule has 0 aliphatic rings. The highest BCUT2D eigenvalue weighted by Gasteiger charge is 2.17. The van der Waals surface area contributed by atoms with E-state index in [1.54, 1.807) is 6.07 Å². The molecule has 1 aromatic carbocycles. The zero-order chi connectivity index (χ0) is 14.7. The first kappa shape index (κ1) is 14.7. The molecule has 1 heterocycles. The fourth-order valence-electron chi connectivity index (χ4n) is 1.61. The molecule has 20 heavy (non-hydrogen) atoms. The van der Waals surface area contributed by atoms with Gasteiger partial charge in [0.1, 0.15) is 16.7 Å². The van der Waals surface area contributed by atoms with Crippen LogP contribution in [0.15, 0.2) is 30.6 Å². The van der Waals surface area contributed by atoms with E-state index >= 15 is 0 Å². The molecule has 0 aliphatic carbocycles. The van der Waals surface area contributed by atoms with Crippen molar-refractivity contribution in [3.8, 4) is 0 Å². The third kappa shape index (κ3) is 3.23. The summed E-state index contributed by atoms with van der Waals surface area (Å²) in [6.07, 6.45) is 2.54. The van der Waals surface area contributed by atoms with Crippen molar-refractivity contribution in [1.82, 2.24) is 14.9 Å². The molecule has 0 spiro atoms. The maximum Gasteiger partial charge on any atom is 0.274 e. The van der Waals surface area contributed by atoms with Gasteiger partial charge in [-0.3, -0.25) is 4.79 Å². The number of hydrogen-bond acceptors (Lipinski definition) is 3. The van der Waals surface area contributed by atoms with Crippen molar-refractivity contribution in [1.29, 1.82) is 0 Å². The van der Waals surface area contributed by atoms with Gasteiger partial charge in [-0.1, -0.05) is 29.3 Å². The smallest absolute Gasteiger partial charge is 0.274 e. The van der Waals surface area contributed by atoms with E-state index in [4.69, 9.17) is 23.2 Å². The summed E-state index contributed by atoms with van der Waals surface area (Å²) in [5.74, 6) is -0.854. The Kier molecular flexibility index (Phi) is 4.52. The second-order valence-electron chi connectivity index (χ2n) is 4.09. The summed E-state index contributed by atoms with van der Waals surface area (Å²) in [4.78, 5) is 21.1. The van der Waals surface area contributed by atoms with Crippen LogP contribution in [-0.2, 0) is 6.54 Å². The van der Waals surface area contributed by atoms with E-state index in [0.29, 0.717) is 0 Å². The maximum absolute atomic E-state index is 13.7. The predicted molar refractivity (Wildman–Crippen MR) is 74.2 cm³/mol. The van der Waals surface area contributed by atoms with Crippen molar-refractivity contribution in [3.63, 3.8) is 0 Å². The van der Waals surface area contributed by atoms with Gasteiger partial charge in [-0.2, -0.15) is 0 Å². The molecule has 0 aliphatic heterocycles. The minimum atomic E-state index is -0.459. The molecule has 0 bridgehead atoms. The Morgan fingerprint density at radius 1 is 1.30 bits per heavy atom. The Balaban J connectivity index is 2.17. The molecule has 2 rings (SSSR count). The van der Waals surface area contributed by atoms with E-state index in [-0.39, 0.29) is 28.0 Å². The fraction of sp³-hybridized carbons (Fsp3) is 0.154. The Bertz CT molecular complexity index is 614. The van der Waals surface area contributed by atoms with E-state index in [2.05, 4.69) is 9.97 Å². The maximum atomic E-state index is 13.7. The van der Waals surface area contributed by atoms with Crippen LogP contribution >= 0.6 is 23.2 Å². The lowest BCUT2D eigenvalue weighted by Crippen LogP contribution is -2.27. The number of carbonyl (C=O) groups excluding carboxylic acids is 1. The summed E-state index contributed by atoms with van der Waals surface area (Å²) < 4.78 is 13.7. The largest absolute Gasteiger partial charge is 0.336 e. The topological polar surface area (TPSA) is 46.1 Å². The van der Waals surface area contributed by atoms with Crippen LogP contribution in [0.4, 0.5) is 4.39 Å². The molecule has 0 radical (unpaired) electrons. The molecule has 0 saturated carbocycles. The van der Waals surface area contributed by atoms with Gasteiger partial charge in [-0.05, 0) is 12.1 Å². The summed E-state index contributed by atoms with van der Waals surface area (Å²) in [5.41, 5.74) is 0.385. The highest BCUT2D eigenvalue weighted by atomic mass is 35.5. The summed E-state index contributed by atoms with van der Waals surface area (Å²) in [6, 6.07) is 4.37. The van der Waals surface area contributed by atoms with E-state index in [1.807, 2.05) is 0 Å². The van der Waals surface area contributed by atoms with Gasteiger partial charge in [0.25, 0.3) is 5.91 Å². The number of carbonyl (C=O) groups is 1. The van der Waals surface area contributed by atoms with Gasteiger partial charge in [0.15, 0.2) is 0 Å². The monoisotopic (exact) mass is 313 g/mol. The molecule has 104 valence electrons. The minimum Gasteiger partial charge on any atom is -0.336 e. The van der Waals surface area contributed by atoms with E-state index < -0.39 is 11.7 Å². The SMILES string of the molecule is CN(Cc1c(F)cccc1Cl)C(=O)c1cnc(Cl)cn1. The molecule has 1 aromatic heterocycles. The second kappa shape index (κ2) is 6.15. The molecule has 4 nitrogen and oxygen atoms in total. The van der Waals surface area contributed by atoms with Crippen molar-refractivity contribution in [2.24, 2.45) is 0 Å². The molecular weight excluding hydrogens is 304 g/mol. The molecule has 0 unspecified atom stereocenters. The van der Waals surface area contributed by atoms with Crippen LogP contribution in [0.1, 0.15) is 16.1 Å². The Morgan fingerprint density at radius 2 is 2.05 bits per heavy atom. The molecule has 1 amide bonds. The first-order valence-electron chi connectivity index (χ1n) is 5.65. The van der Waals surface area contributed by atoms with Gasteiger partial charge in [-0.25, -0.2) is 14.4 Å². The molecular formula is C13H10Cl2FN3O. The summed E-state index contributed by atoms with van der Waals surface area (Å²) in [7, 11) is 1.53. The van der Waals surface area contributed by atoms with Crippen molar-refractivity contribution >= 4 is 29.1 Å². The van der Waals surface area contributed by atoms with Crippen LogP contribution in [0.3, 0.4) is 0 Å². The van der Waals surface area contributed by atoms with E-state index in [0.717, 1.165) is 0 Å². The van der Waals surface area contributed by atoms with Gasteiger partial charge < -0.3 is 4.90 Å². The average molecular weight is 314 g/mol. The Morgan fingerprint density at radius 3 is 2.65 bits per heavy atom. The summed E-state index contributed by atoms with van der Waals surface area (Å²) in [6.45, 7) is 0.0364. The fourth-order valence-corrected chi connectivity index (χ4v) is 1.93. The van der Waals surface area contributed by atoms with Gasteiger partial charge in [0, 0.05) is 17.6 Å². The van der Waals surface area contributed by atoms with Crippen LogP contribution in [-0.4, -0.2) is 27.8 Å². The molecule has 0 N–H and O–H groups in total. The second-order valence-corrected chi connectivity index (χ2v) is 4.88. The summed E-state index contributed by atoms with van der Waals surface area (Å²) >= 11 is 11.5. The quantitative estimate of drug-likeness (QED) is 0.874. The highest BCUT2D eigenvalue weighted by Crippen LogP contribution is 2.20. The molecule has 2 aromatic rings. The number of rotatable bonds is 3. The highest BCUT2D eigenvalue weighted by molar-refractivity contribution is 6.31. The summed E-state index contributed by atoms with van der Waals surface area (Å²) in [5, 5.41) is 0.466. The normalized spacial score (nSPS) is 10.4. The van der Waals surface area contributed by atoms with Crippen molar-refractivity contribution in [2.45, 2.75) is 6.54 Å². The van der Waals surface area contributed by atoms with Gasteiger partial charge >= 0.3 is 0 Å². The van der Waals surface area contributed by atoms with Crippen LogP contribution in [0.5, 0.6) is 0 Å². The van der Waals surface area contributed by atoms with E-state index in [1.165, 1.54) is 36.5 Å². The third-order valence-corrected chi connectivity index (χ3v) is 3.19. The number of hydrogen-bond donors (Lipinski definition) is 0. The first-order valence-corrected chi connectivity index (χ1v) is 6.40. The zero-order valence-electron chi connectivity index (χ0n) is 10.5. The number of nitrogens with zero attached hydrogens (tertiary/aromatic N) is 3. The standard InChI is InChI=1S/C13H10Cl2FN3O/c1-19(7-8-9(14)3-2-4-10(8)16)13(20)11-5-18-12(15)6-17-11/h2-6H,7H2,1H3. The lowest BCUT2D eigenvalue weighted by molar-refractivity contribution is 0.0777. The molecule has 7 heteroatoms. The molecule has 0 atom stereocenters. The lowest BCUT2D eigenvalue weighted by atomic mass is 10.2. The zero-order valence-corrected chi connectivity index (χ0v) is 12.0. The van der Waals surface area contributed by atoms with Gasteiger partial charge in [-0.15, -0.1) is 0 Å². The number of amides is 1. The van der Waals surface area contributed by atoms with Gasteiger partial charge in [0.2, 0.25) is 0 Å². The number of benzene rings is 1. The van der Waals surface area contributed by atoms with E-state index in [9.17, 15) is 9.18 Å². The van der Waals surface area contributed by atoms with Crippen LogP contribution in [0, 0.1) is 5.82 Å². The lowest BCUT2D eigenvalue weighted by Gasteiger charge is -2.17. The Hall–Kier alpha value is -1.72. The van der Waals surface area contributed by atoms with Crippen molar-refractivity contribution in [3.05, 3.63) is 57.8 Å². The number of halogens is 3. The predicted octanol–water partition coefficient (Wildman–Crippen LogP) is 3.19. The average Bonchev–Trinajstić information content (AvgIpc) is 2.43. The van der Waals surface area contributed by atoms with Gasteiger partial charge in [0.05, 0.1) is 18.9 Å². The molecule has 0 saturated heterocycles. The van der Waals surface area contributed by atoms with Crippen molar-refractivity contribution < 1.29 is 9.18 Å².